The highest BCUT2D eigenvalue weighted by Crippen LogP contribution is 2.26. The molecule has 2 aromatic carbocycles. The summed E-state index contributed by atoms with van der Waals surface area (Å²) < 4.78 is 10.8. The van der Waals surface area contributed by atoms with Gasteiger partial charge >= 0.3 is 0 Å². The van der Waals surface area contributed by atoms with Gasteiger partial charge in [-0.1, -0.05) is 30.3 Å². The van der Waals surface area contributed by atoms with E-state index < -0.39 is 0 Å². The van der Waals surface area contributed by atoms with Crippen molar-refractivity contribution in [1.29, 1.82) is 0 Å². The zero-order valence-electron chi connectivity index (χ0n) is 12.4. The number of carbonyl (C=O) groups excluding carboxylic acids is 1. The van der Waals surface area contributed by atoms with E-state index in [0.717, 1.165) is 28.9 Å². The van der Waals surface area contributed by atoms with Crippen LogP contribution >= 0.6 is 0 Å². The zero-order chi connectivity index (χ0) is 15.1. The standard InChI is InChI=1S/C18H20O3/c1-3-21-18-7-5-4-6-15(18)12-16(13-19)14-8-10-17(20-2)11-9-14/h4-11,13,16H,3,12H2,1-2H3. The van der Waals surface area contributed by atoms with Gasteiger partial charge < -0.3 is 14.3 Å². The number of hydrogen-bond acceptors (Lipinski definition) is 3. The Balaban J connectivity index is 2.20. The summed E-state index contributed by atoms with van der Waals surface area (Å²) >= 11 is 0. The molecule has 1 atom stereocenters. The molecule has 3 heteroatoms. The summed E-state index contributed by atoms with van der Waals surface area (Å²) in [7, 11) is 1.63. The minimum atomic E-state index is -0.183. The second-order valence-corrected chi connectivity index (χ2v) is 4.76. The van der Waals surface area contributed by atoms with E-state index in [1.54, 1.807) is 7.11 Å². The molecule has 0 saturated heterocycles. The van der Waals surface area contributed by atoms with E-state index in [0.29, 0.717) is 13.0 Å². The maximum Gasteiger partial charge on any atom is 0.127 e. The van der Waals surface area contributed by atoms with Crippen LogP contribution in [0.15, 0.2) is 48.5 Å². The molecule has 0 aliphatic rings. The van der Waals surface area contributed by atoms with Crippen LogP contribution in [0.3, 0.4) is 0 Å². The van der Waals surface area contributed by atoms with Crippen LogP contribution in [0, 0.1) is 0 Å². The first-order valence-corrected chi connectivity index (χ1v) is 7.08. The van der Waals surface area contributed by atoms with Crippen molar-refractivity contribution in [2.24, 2.45) is 0 Å². The number of hydrogen-bond donors (Lipinski definition) is 0. The van der Waals surface area contributed by atoms with Crippen molar-refractivity contribution >= 4 is 6.29 Å². The van der Waals surface area contributed by atoms with Crippen molar-refractivity contribution in [3.05, 3.63) is 59.7 Å². The van der Waals surface area contributed by atoms with Gasteiger partial charge in [-0.2, -0.15) is 0 Å². The Labute approximate surface area is 125 Å². The van der Waals surface area contributed by atoms with Gasteiger partial charge in [0.15, 0.2) is 0 Å². The van der Waals surface area contributed by atoms with Crippen LogP contribution in [0.4, 0.5) is 0 Å². The van der Waals surface area contributed by atoms with E-state index in [1.807, 2.05) is 55.5 Å². The van der Waals surface area contributed by atoms with Gasteiger partial charge in [0.05, 0.1) is 13.7 Å². The molecule has 0 aromatic heterocycles. The molecule has 0 spiro atoms. The molecule has 0 heterocycles. The molecule has 0 aliphatic heterocycles. The zero-order valence-corrected chi connectivity index (χ0v) is 12.4. The molecule has 0 aliphatic carbocycles. The molecule has 0 saturated carbocycles. The van der Waals surface area contributed by atoms with Crippen LogP contribution in [0.2, 0.25) is 0 Å². The third-order valence-electron chi connectivity index (χ3n) is 3.42. The quantitative estimate of drug-likeness (QED) is 0.728. The van der Waals surface area contributed by atoms with Gasteiger partial charge in [0.1, 0.15) is 17.8 Å². The average molecular weight is 284 g/mol. The summed E-state index contributed by atoms with van der Waals surface area (Å²) in [6.45, 7) is 2.57. The molecule has 1 unspecified atom stereocenters. The highest BCUT2D eigenvalue weighted by atomic mass is 16.5. The van der Waals surface area contributed by atoms with Crippen LogP contribution in [0.1, 0.15) is 24.0 Å². The molecular weight excluding hydrogens is 264 g/mol. The smallest absolute Gasteiger partial charge is 0.127 e. The van der Waals surface area contributed by atoms with E-state index in [2.05, 4.69) is 0 Å². The first-order valence-electron chi connectivity index (χ1n) is 7.08. The molecule has 0 amide bonds. The van der Waals surface area contributed by atoms with Gasteiger partial charge in [-0.25, -0.2) is 0 Å². The maximum atomic E-state index is 11.5. The lowest BCUT2D eigenvalue weighted by Crippen LogP contribution is -2.06. The Morgan fingerprint density at radius 1 is 1.10 bits per heavy atom. The van der Waals surface area contributed by atoms with Crippen molar-refractivity contribution < 1.29 is 14.3 Å². The van der Waals surface area contributed by atoms with Gasteiger partial charge in [0.25, 0.3) is 0 Å². The summed E-state index contributed by atoms with van der Waals surface area (Å²) in [6, 6.07) is 15.5. The lowest BCUT2D eigenvalue weighted by atomic mass is 9.93. The van der Waals surface area contributed by atoms with Crippen molar-refractivity contribution in [3.63, 3.8) is 0 Å². The minimum absolute atomic E-state index is 0.183. The summed E-state index contributed by atoms with van der Waals surface area (Å²) in [5, 5.41) is 0. The Hall–Kier alpha value is -2.29. The third-order valence-corrected chi connectivity index (χ3v) is 3.42. The maximum absolute atomic E-state index is 11.5. The minimum Gasteiger partial charge on any atom is -0.497 e. The number of para-hydroxylation sites is 1. The molecule has 0 N–H and O–H groups in total. The molecular formula is C18H20O3. The first-order chi connectivity index (χ1) is 10.3. The number of ether oxygens (including phenoxy) is 2. The Kier molecular flexibility index (Phi) is 5.38. The number of carbonyl (C=O) groups is 1. The largest absolute Gasteiger partial charge is 0.497 e. The highest BCUT2D eigenvalue weighted by Gasteiger charge is 2.14. The van der Waals surface area contributed by atoms with Crippen LogP contribution < -0.4 is 9.47 Å². The third kappa shape index (κ3) is 3.85. The molecule has 2 rings (SSSR count). The molecule has 3 nitrogen and oxygen atoms in total. The Bertz CT molecular complexity index is 575. The second-order valence-electron chi connectivity index (χ2n) is 4.76. The summed E-state index contributed by atoms with van der Waals surface area (Å²) in [6.07, 6.45) is 1.62. The van der Waals surface area contributed by atoms with Crippen molar-refractivity contribution in [1.82, 2.24) is 0 Å². The molecule has 110 valence electrons. The van der Waals surface area contributed by atoms with Crippen molar-refractivity contribution in [2.75, 3.05) is 13.7 Å². The fraction of sp³-hybridized carbons (Fsp3) is 0.278. The van der Waals surface area contributed by atoms with Gasteiger partial charge in [-0.3, -0.25) is 0 Å². The first kappa shape index (κ1) is 15.1. The van der Waals surface area contributed by atoms with Gasteiger partial charge in [-0.15, -0.1) is 0 Å². The lowest BCUT2D eigenvalue weighted by molar-refractivity contribution is -0.109. The molecule has 2 aromatic rings. The SMILES string of the molecule is CCOc1ccccc1CC(C=O)c1ccc(OC)cc1. The number of benzene rings is 2. The van der Waals surface area contributed by atoms with E-state index in [1.165, 1.54) is 0 Å². The molecule has 21 heavy (non-hydrogen) atoms. The fourth-order valence-corrected chi connectivity index (χ4v) is 2.30. The van der Waals surface area contributed by atoms with Crippen LogP contribution in [-0.4, -0.2) is 20.0 Å². The van der Waals surface area contributed by atoms with Crippen molar-refractivity contribution in [2.45, 2.75) is 19.3 Å². The predicted octanol–water partition coefficient (Wildman–Crippen LogP) is 3.62. The van der Waals surface area contributed by atoms with Gasteiger partial charge in [-0.05, 0) is 42.7 Å². The number of aldehydes is 1. The van der Waals surface area contributed by atoms with E-state index >= 15 is 0 Å². The summed E-state index contributed by atoms with van der Waals surface area (Å²) in [4.78, 5) is 11.5. The van der Waals surface area contributed by atoms with Crippen molar-refractivity contribution in [3.8, 4) is 11.5 Å². The number of methoxy groups -OCH3 is 1. The van der Waals surface area contributed by atoms with E-state index in [4.69, 9.17) is 9.47 Å². The van der Waals surface area contributed by atoms with E-state index in [-0.39, 0.29) is 5.92 Å². The normalized spacial score (nSPS) is 11.7. The van der Waals surface area contributed by atoms with Gasteiger partial charge in [0, 0.05) is 5.92 Å². The average Bonchev–Trinajstić information content (AvgIpc) is 2.54. The molecule has 0 radical (unpaired) electrons. The lowest BCUT2D eigenvalue weighted by Gasteiger charge is -2.14. The Morgan fingerprint density at radius 2 is 1.81 bits per heavy atom. The van der Waals surface area contributed by atoms with Crippen LogP contribution in [0.25, 0.3) is 0 Å². The molecule has 0 bridgehead atoms. The Morgan fingerprint density at radius 3 is 2.43 bits per heavy atom. The molecule has 0 fully saturated rings. The van der Waals surface area contributed by atoms with Crippen LogP contribution in [0.5, 0.6) is 11.5 Å². The van der Waals surface area contributed by atoms with Crippen LogP contribution in [-0.2, 0) is 11.2 Å². The number of rotatable bonds is 7. The highest BCUT2D eigenvalue weighted by molar-refractivity contribution is 5.63. The summed E-state index contributed by atoms with van der Waals surface area (Å²) in [5.74, 6) is 1.45. The summed E-state index contributed by atoms with van der Waals surface area (Å²) in [5.41, 5.74) is 2.03. The topological polar surface area (TPSA) is 35.5 Å². The van der Waals surface area contributed by atoms with E-state index in [9.17, 15) is 4.79 Å². The second kappa shape index (κ2) is 7.48. The fourth-order valence-electron chi connectivity index (χ4n) is 2.30. The predicted molar refractivity (Wildman–Crippen MR) is 83.1 cm³/mol. The van der Waals surface area contributed by atoms with Gasteiger partial charge in [0.2, 0.25) is 0 Å². The monoisotopic (exact) mass is 284 g/mol.